The van der Waals surface area contributed by atoms with E-state index in [4.69, 9.17) is 9.47 Å². The molecule has 1 aliphatic heterocycles. The van der Waals surface area contributed by atoms with Gasteiger partial charge in [-0.05, 0) is 35.4 Å². The molecule has 20 heavy (non-hydrogen) atoms. The zero-order valence-corrected chi connectivity index (χ0v) is 11.8. The highest BCUT2D eigenvalue weighted by Gasteiger charge is 2.42. The number of benzene rings is 2. The van der Waals surface area contributed by atoms with Crippen molar-refractivity contribution in [2.45, 2.75) is 5.41 Å². The van der Waals surface area contributed by atoms with Crippen LogP contribution in [0.15, 0.2) is 48.5 Å². The summed E-state index contributed by atoms with van der Waals surface area (Å²) in [5, 5.41) is 3.20. The van der Waals surface area contributed by atoms with E-state index < -0.39 is 0 Å². The molecule has 0 bridgehead atoms. The van der Waals surface area contributed by atoms with Crippen LogP contribution in [0.3, 0.4) is 0 Å². The Morgan fingerprint density at radius 1 is 1.05 bits per heavy atom. The first-order valence-electron chi connectivity index (χ1n) is 6.79. The summed E-state index contributed by atoms with van der Waals surface area (Å²) in [5.41, 5.74) is 3.67. The molecule has 104 valence electrons. The molecule has 1 fully saturated rings. The van der Waals surface area contributed by atoms with E-state index in [9.17, 15) is 0 Å². The first-order chi connectivity index (χ1) is 9.78. The van der Waals surface area contributed by atoms with Crippen molar-refractivity contribution in [1.82, 2.24) is 0 Å². The number of methoxy groups -OCH3 is 1. The van der Waals surface area contributed by atoms with Gasteiger partial charge in [-0.1, -0.05) is 24.3 Å². The maximum absolute atomic E-state index is 5.53. The first kappa shape index (κ1) is 13.0. The van der Waals surface area contributed by atoms with E-state index in [-0.39, 0.29) is 5.41 Å². The molecule has 0 aliphatic carbocycles. The highest BCUT2D eigenvalue weighted by molar-refractivity contribution is 5.52. The van der Waals surface area contributed by atoms with Crippen molar-refractivity contribution in [2.24, 2.45) is 0 Å². The third-order valence-electron chi connectivity index (χ3n) is 4.04. The molecule has 0 aromatic heterocycles. The zero-order valence-electron chi connectivity index (χ0n) is 11.8. The van der Waals surface area contributed by atoms with Gasteiger partial charge in [0.15, 0.2) is 0 Å². The molecule has 0 spiro atoms. The van der Waals surface area contributed by atoms with Crippen molar-refractivity contribution in [2.75, 3.05) is 32.7 Å². The Bertz CT molecular complexity index is 588. The van der Waals surface area contributed by atoms with E-state index in [1.54, 1.807) is 7.11 Å². The van der Waals surface area contributed by atoms with Gasteiger partial charge in [-0.25, -0.2) is 0 Å². The molecule has 0 saturated carbocycles. The molecule has 1 heterocycles. The summed E-state index contributed by atoms with van der Waals surface area (Å²) in [6.07, 6.45) is 0. The fourth-order valence-corrected chi connectivity index (χ4v) is 2.69. The van der Waals surface area contributed by atoms with Crippen molar-refractivity contribution in [3.05, 3.63) is 59.7 Å². The average molecular weight is 269 g/mol. The SMILES string of the molecule is CNc1cccc(C2(c3ccc(OC)cc3)COC2)c1. The average Bonchev–Trinajstić information content (AvgIpc) is 2.47. The minimum Gasteiger partial charge on any atom is -0.497 e. The Hall–Kier alpha value is -2.00. The van der Waals surface area contributed by atoms with Gasteiger partial charge in [-0.15, -0.1) is 0 Å². The van der Waals surface area contributed by atoms with E-state index >= 15 is 0 Å². The third kappa shape index (κ3) is 2.04. The van der Waals surface area contributed by atoms with Crippen LogP contribution in [-0.2, 0) is 10.2 Å². The number of rotatable bonds is 4. The summed E-state index contributed by atoms with van der Waals surface area (Å²) in [6.45, 7) is 1.46. The van der Waals surface area contributed by atoms with Crippen LogP contribution in [0.5, 0.6) is 5.75 Å². The lowest BCUT2D eigenvalue weighted by Crippen LogP contribution is -2.47. The second-order valence-corrected chi connectivity index (χ2v) is 5.13. The second-order valence-electron chi connectivity index (χ2n) is 5.13. The smallest absolute Gasteiger partial charge is 0.118 e. The number of nitrogens with one attached hydrogen (secondary N) is 1. The monoisotopic (exact) mass is 269 g/mol. The van der Waals surface area contributed by atoms with E-state index in [1.807, 2.05) is 19.2 Å². The summed E-state index contributed by atoms with van der Waals surface area (Å²) >= 11 is 0. The maximum atomic E-state index is 5.53. The van der Waals surface area contributed by atoms with Crippen LogP contribution in [0.2, 0.25) is 0 Å². The summed E-state index contributed by atoms with van der Waals surface area (Å²) < 4.78 is 10.8. The molecule has 0 unspecified atom stereocenters. The summed E-state index contributed by atoms with van der Waals surface area (Å²) in [6, 6.07) is 16.8. The van der Waals surface area contributed by atoms with Crippen molar-refractivity contribution in [3.8, 4) is 5.75 Å². The van der Waals surface area contributed by atoms with Gasteiger partial charge in [0.2, 0.25) is 0 Å². The molecule has 0 amide bonds. The zero-order chi connectivity index (χ0) is 14.0. The van der Waals surface area contributed by atoms with E-state index in [2.05, 4.69) is 41.7 Å². The van der Waals surface area contributed by atoms with Gasteiger partial charge in [0.05, 0.1) is 25.7 Å². The van der Waals surface area contributed by atoms with E-state index in [1.165, 1.54) is 11.1 Å². The van der Waals surface area contributed by atoms with Gasteiger partial charge in [-0.2, -0.15) is 0 Å². The fraction of sp³-hybridized carbons (Fsp3) is 0.294. The molecule has 0 radical (unpaired) electrons. The summed E-state index contributed by atoms with van der Waals surface area (Å²) in [4.78, 5) is 0. The number of anilines is 1. The van der Waals surface area contributed by atoms with Gasteiger partial charge >= 0.3 is 0 Å². The molecule has 0 atom stereocenters. The summed E-state index contributed by atoms with van der Waals surface area (Å²) in [7, 11) is 3.63. The highest BCUT2D eigenvalue weighted by Crippen LogP contribution is 2.40. The predicted molar refractivity (Wildman–Crippen MR) is 80.6 cm³/mol. The lowest BCUT2D eigenvalue weighted by molar-refractivity contribution is -0.0379. The lowest BCUT2D eigenvalue weighted by Gasteiger charge is -2.42. The molecule has 1 aliphatic rings. The number of hydrogen-bond donors (Lipinski definition) is 1. The Labute approximate surface area is 119 Å². The molecule has 2 aromatic rings. The standard InChI is InChI=1S/C17H19NO2/c1-18-15-5-3-4-14(10-15)17(11-20-12-17)13-6-8-16(19-2)9-7-13/h3-10,18H,11-12H2,1-2H3. The van der Waals surface area contributed by atoms with Gasteiger partial charge in [0.25, 0.3) is 0 Å². The van der Waals surface area contributed by atoms with E-state index in [0.717, 1.165) is 24.7 Å². The fourth-order valence-electron chi connectivity index (χ4n) is 2.69. The lowest BCUT2D eigenvalue weighted by atomic mass is 9.73. The molecule has 3 heteroatoms. The minimum atomic E-state index is -0.0286. The first-order valence-corrected chi connectivity index (χ1v) is 6.79. The largest absolute Gasteiger partial charge is 0.497 e. The Kier molecular flexibility index (Phi) is 3.36. The van der Waals surface area contributed by atoms with Crippen molar-refractivity contribution in [3.63, 3.8) is 0 Å². The van der Waals surface area contributed by atoms with Gasteiger partial charge in [0, 0.05) is 12.7 Å². The van der Waals surface area contributed by atoms with Gasteiger partial charge in [0.1, 0.15) is 5.75 Å². The Balaban J connectivity index is 2.01. The van der Waals surface area contributed by atoms with Gasteiger partial charge in [-0.3, -0.25) is 0 Å². The molecular weight excluding hydrogens is 250 g/mol. The Morgan fingerprint density at radius 3 is 2.35 bits per heavy atom. The van der Waals surface area contributed by atoms with Crippen LogP contribution in [0, 0.1) is 0 Å². The normalized spacial score (nSPS) is 16.3. The van der Waals surface area contributed by atoms with Crippen LogP contribution >= 0.6 is 0 Å². The second kappa shape index (κ2) is 5.17. The predicted octanol–water partition coefficient (Wildman–Crippen LogP) is 3.05. The van der Waals surface area contributed by atoms with Crippen LogP contribution in [0.25, 0.3) is 0 Å². The van der Waals surface area contributed by atoms with Crippen LogP contribution < -0.4 is 10.1 Å². The molecule has 1 saturated heterocycles. The van der Waals surface area contributed by atoms with Crippen molar-refractivity contribution >= 4 is 5.69 Å². The minimum absolute atomic E-state index is 0.0286. The van der Waals surface area contributed by atoms with Gasteiger partial charge < -0.3 is 14.8 Å². The van der Waals surface area contributed by atoms with Crippen LogP contribution in [0.4, 0.5) is 5.69 Å². The van der Waals surface area contributed by atoms with Crippen molar-refractivity contribution < 1.29 is 9.47 Å². The highest BCUT2D eigenvalue weighted by atomic mass is 16.5. The number of ether oxygens (including phenoxy) is 2. The van der Waals surface area contributed by atoms with Crippen LogP contribution in [-0.4, -0.2) is 27.4 Å². The Morgan fingerprint density at radius 2 is 1.80 bits per heavy atom. The molecular formula is C17H19NO2. The summed E-state index contributed by atoms with van der Waals surface area (Å²) in [5.74, 6) is 0.883. The third-order valence-corrected chi connectivity index (χ3v) is 4.04. The topological polar surface area (TPSA) is 30.5 Å². The quantitative estimate of drug-likeness (QED) is 0.925. The van der Waals surface area contributed by atoms with Crippen molar-refractivity contribution in [1.29, 1.82) is 0 Å². The van der Waals surface area contributed by atoms with Crippen LogP contribution in [0.1, 0.15) is 11.1 Å². The molecule has 1 N–H and O–H groups in total. The molecule has 3 rings (SSSR count). The number of hydrogen-bond acceptors (Lipinski definition) is 3. The molecule has 3 nitrogen and oxygen atoms in total. The van der Waals surface area contributed by atoms with E-state index in [0.29, 0.717) is 0 Å². The maximum Gasteiger partial charge on any atom is 0.118 e. The molecule has 2 aromatic carbocycles.